The van der Waals surface area contributed by atoms with Gasteiger partial charge in [-0.05, 0) is 12.1 Å². The molecule has 0 bridgehead atoms. The van der Waals surface area contributed by atoms with Crippen molar-refractivity contribution < 1.29 is 4.79 Å². The van der Waals surface area contributed by atoms with Gasteiger partial charge in [0.2, 0.25) is 0 Å². The fourth-order valence-corrected chi connectivity index (χ4v) is 1.48. The van der Waals surface area contributed by atoms with Crippen molar-refractivity contribution in [1.82, 2.24) is 19.9 Å². The summed E-state index contributed by atoms with van der Waals surface area (Å²) in [6.45, 7) is 0.407. The number of rotatable bonds is 4. The highest BCUT2D eigenvalue weighted by Crippen LogP contribution is 2.07. The van der Waals surface area contributed by atoms with E-state index in [2.05, 4.69) is 20.4 Å². The van der Waals surface area contributed by atoms with E-state index in [9.17, 15) is 4.79 Å². The number of amides is 1. The predicted octanol–water partition coefficient (Wildman–Crippen LogP) is 0.362. The monoisotopic (exact) mass is 246 g/mol. The number of carbonyl (C=O) groups excluding carboxylic acids is 1. The zero-order valence-electron chi connectivity index (χ0n) is 9.92. The second-order valence-electron chi connectivity index (χ2n) is 3.77. The van der Waals surface area contributed by atoms with E-state index >= 15 is 0 Å². The summed E-state index contributed by atoms with van der Waals surface area (Å²) in [5, 5.41) is 0. The second-order valence-corrected chi connectivity index (χ2v) is 3.77. The standard InChI is InChI=1S/C11H14N6O/c1-17(7-10-13-4-5-14-10)11(18)9-3-2-8(16-12)6-15-9/h2-6,16H,7,12H2,1H3,(H,13,14). The SMILES string of the molecule is CN(Cc1ncc[nH]1)C(=O)c1ccc(NN)cn1. The summed E-state index contributed by atoms with van der Waals surface area (Å²) in [6, 6.07) is 3.32. The Labute approximate surface area is 104 Å². The third kappa shape index (κ3) is 2.64. The average Bonchev–Trinajstić information content (AvgIpc) is 2.91. The molecule has 2 heterocycles. The number of nitrogens with one attached hydrogen (secondary N) is 2. The predicted molar refractivity (Wildman–Crippen MR) is 66.4 cm³/mol. The number of nitrogens with zero attached hydrogens (tertiary/aromatic N) is 3. The molecular weight excluding hydrogens is 232 g/mol. The lowest BCUT2D eigenvalue weighted by molar-refractivity contribution is 0.0776. The average molecular weight is 246 g/mol. The molecule has 0 saturated heterocycles. The number of pyridine rings is 1. The van der Waals surface area contributed by atoms with Crippen LogP contribution in [0.3, 0.4) is 0 Å². The van der Waals surface area contributed by atoms with Crippen molar-refractivity contribution in [2.75, 3.05) is 12.5 Å². The van der Waals surface area contributed by atoms with Gasteiger partial charge in [-0.3, -0.25) is 10.6 Å². The van der Waals surface area contributed by atoms with Gasteiger partial charge < -0.3 is 15.3 Å². The van der Waals surface area contributed by atoms with Crippen molar-refractivity contribution in [2.45, 2.75) is 6.54 Å². The van der Waals surface area contributed by atoms with Gasteiger partial charge >= 0.3 is 0 Å². The normalized spacial score (nSPS) is 10.1. The van der Waals surface area contributed by atoms with E-state index in [-0.39, 0.29) is 5.91 Å². The minimum absolute atomic E-state index is 0.171. The van der Waals surface area contributed by atoms with Gasteiger partial charge in [0.1, 0.15) is 11.5 Å². The third-order valence-corrected chi connectivity index (χ3v) is 2.44. The zero-order valence-corrected chi connectivity index (χ0v) is 9.92. The minimum Gasteiger partial charge on any atom is -0.347 e. The smallest absolute Gasteiger partial charge is 0.272 e. The van der Waals surface area contributed by atoms with E-state index in [1.165, 1.54) is 11.1 Å². The molecule has 1 amide bonds. The van der Waals surface area contributed by atoms with Gasteiger partial charge in [0.25, 0.3) is 5.91 Å². The van der Waals surface area contributed by atoms with Crippen LogP contribution in [0.25, 0.3) is 0 Å². The van der Waals surface area contributed by atoms with Gasteiger partial charge in [0.05, 0.1) is 18.4 Å². The molecule has 94 valence electrons. The topological polar surface area (TPSA) is 99.9 Å². The maximum atomic E-state index is 12.0. The molecule has 0 saturated carbocycles. The molecule has 4 N–H and O–H groups in total. The summed E-state index contributed by atoms with van der Waals surface area (Å²) in [6.07, 6.45) is 4.87. The number of anilines is 1. The Balaban J connectivity index is 2.05. The Morgan fingerprint density at radius 1 is 1.50 bits per heavy atom. The number of aromatic nitrogens is 3. The quantitative estimate of drug-likeness (QED) is 0.534. The molecule has 0 aromatic carbocycles. The molecule has 7 nitrogen and oxygen atoms in total. The lowest BCUT2D eigenvalue weighted by atomic mass is 10.3. The first-order chi connectivity index (χ1) is 8.70. The van der Waals surface area contributed by atoms with Crippen molar-refractivity contribution in [2.24, 2.45) is 5.84 Å². The summed E-state index contributed by atoms with van der Waals surface area (Å²) in [5.41, 5.74) is 3.47. The van der Waals surface area contributed by atoms with Crippen LogP contribution in [0.4, 0.5) is 5.69 Å². The number of hydrogen-bond acceptors (Lipinski definition) is 5. The Hall–Kier alpha value is -2.41. The van der Waals surface area contributed by atoms with Crippen LogP contribution in [0.2, 0.25) is 0 Å². The van der Waals surface area contributed by atoms with E-state index < -0.39 is 0 Å². The number of hydrazine groups is 1. The van der Waals surface area contributed by atoms with Gasteiger partial charge in [-0.1, -0.05) is 0 Å². The molecule has 2 rings (SSSR count). The number of imidazole rings is 1. The molecule has 0 radical (unpaired) electrons. The Morgan fingerprint density at radius 3 is 2.89 bits per heavy atom. The number of hydrogen-bond donors (Lipinski definition) is 3. The van der Waals surface area contributed by atoms with Crippen LogP contribution in [0.1, 0.15) is 16.3 Å². The molecule has 0 atom stereocenters. The fraction of sp³-hybridized carbons (Fsp3) is 0.182. The summed E-state index contributed by atoms with van der Waals surface area (Å²) in [5.74, 6) is 5.78. The van der Waals surface area contributed by atoms with Crippen LogP contribution in [0.5, 0.6) is 0 Å². The first-order valence-corrected chi connectivity index (χ1v) is 5.37. The molecule has 2 aromatic rings. The van der Waals surface area contributed by atoms with Crippen molar-refractivity contribution in [3.8, 4) is 0 Å². The van der Waals surface area contributed by atoms with Crippen LogP contribution >= 0.6 is 0 Å². The van der Waals surface area contributed by atoms with Crippen LogP contribution < -0.4 is 11.3 Å². The van der Waals surface area contributed by atoms with Crippen LogP contribution in [0, 0.1) is 0 Å². The van der Waals surface area contributed by atoms with Gasteiger partial charge in [0.15, 0.2) is 0 Å². The first kappa shape index (κ1) is 12.1. The molecule has 18 heavy (non-hydrogen) atoms. The van der Waals surface area contributed by atoms with E-state index in [0.717, 1.165) is 5.82 Å². The highest BCUT2D eigenvalue weighted by molar-refractivity contribution is 5.92. The maximum absolute atomic E-state index is 12.0. The number of nitrogen functional groups attached to an aromatic ring is 1. The molecule has 0 spiro atoms. The summed E-state index contributed by atoms with van der Waals surface area (Å²) < 4.78 is 0. The number of nitrogens with two attached hydrogens (primary N) is 1. The van der Waals surface area contributed by atoms with E-state index in [4.69, 9.17) is 5.84 Å². The third-order valence-electron chi connectivity index (χ3n) is 2.44. The van der Waals surface area contributed by atoms with E-state index in [1.54, 1.807) is 31.6 Å². The minimum atomic E-state index is -0.171. The first-order valence-electron chi connectivity index (χ1n) is 5.37. The fourth-order valence-electron chi connectivity index (χ4n) is 1.48. The van der Waals surface area contributed by atoms with Gasteiger partial charge in [-0.25, -0.2) is 9.97 Å². The van der Waals surface area contributed by atoms with Crippen molar-refractivity contribution in [1.29, 1.82) is 0 Å². The summed E-state index contributed by atoms with van der Waals surface area (Å²) in [7, 11) is 1.70. The highest BCUT2D eigenvalue weighted by atomic mass is 16.2. The largest absolute Gasteiger partial charge is 0.347 e. The second kappa shape index (κ2) is 5.28. The molecule has 2 aromatic heterocycles. The van der Waals surface area contributed by atoms with E-state index in [1.807, 2.05) is 0 Å². The molecular formula is C11H14N6O. The Bertz CT molecular complexity index is 507. The van der Waals surface area contributed by atoms with Gasteiger partial charge in [-0.2, -0.15) is 0 Å². The number of carbonyl (C=O) groups is 1. The van der Waals surface area contributed by atoms with Gasteiger partial charge in [0, 0.05) is 19.4 Å². The van der Waals surface area contributed by atoms with E-state index in [0.29, 0.717) is 17.9 Å². The molecule has 0 unspecified atom stereocenters. The summed E-state index contributed by atoms with van der Waals surface area (Å²) in [4.78, 5) is 24.6. The Morgan fingerprint density at radius 2 is 2.33 bits per heavy atom. The highest BCUT2D eigenvalue weighted by Gasteiger charge is 2.14. The lowest BCUT2D eigenvalue weighted by Crippen LogP contribution is -2.27. The zero-order chi connectivity index (χ0) is 13.0. The van der Waals surface area contributed by atoms with Crippen LogP contribution in [-0.2, 0) is 6.54 Å². The number of H-pyrrole nitrogens is 1. The molecule has 0 fully saturated rings. The van der Waals surface area contributed by atoms with Crippen LogP contribution in [0.15, 0.2) is 30.7 Å². The van der Waals surface area contributed by atoms with Crippen molar-refractivity contribution in [3.63, 3.8) is 0 Å². The molecule has 7 heteroatoms. The maximum Gasteiger partial charge on any atom is 0.272 e. The van der Waals surface area contributed by atoms with Crippen molar-refractivity contribution >= 4 is 11.6 Å². The lowest BCUT2D eigenvalue weighted by Gasteiger charge is -2.15. The Kier molecular flexibility index (Phi) is 3.54. The molecule has 0 aliphatic rings. The van der Waals surface area contributed by atoms with Crippen LogP contribution in [-0.4, -0.2) is 32.8 Å². The summed E-state index contributed by atoms with van der Waals surface area (Å²) >= 11 is 0. The van der Waals surface area contributed by atoms with Gasteiger partial charge in [-0.15, -0.1) is 0 Å². The number of aromatic amines is 1. The van der Waals surface area contributed by atoms with Crippen molar-refractivity contribution in [3.05, 3.63) is 42.2 Å². The molecule has 0 aliphatic carbocycles. The molecule has 0 aliphatic heterocycles.